The monoisotopic (exact) mass is 391 g/mol. The molecular weight excluding hydrogens is 381 g/mol. The van der Waals surface area contributed by atoms with Gasteiger partial charge < -0.3 is 5.32 Å². The van der Waals surface area contributed by atoms with Gasteiger partial charge in [0.2, 0.25) is 0 Å². The molecule has 0 saturated heterocycles. The van der Waals surface area contributed by atoms with Gasteiger partial charge in [0.05, 0.1) is 13.6 Å². The molecule has 1 aromatic heterocycles. The van der Waals surface area contributed by atoms with Crippen LogP contribution in [0.15, 0.2) is 37.9 Å². The summed E-state index contributed by atoms with van der Waals surface area (Å²) in [6.07, 6.45) is 0. The molecule has 1 nitrogen and oxygen atoms in total. The van der Waals surface area contributed by atoms with E-state index in [1.165, 1.54) is 6.07 Å². The summed E-state index contributed by atoms with van der Waals surface area (Å²) in [6, 6.07) is 8.77. The Kier molecular flexibility index (Phi) is 4.95. The van der Waals surface area contributed by atoms with E-state index in [1.807, 2.05) is 25.1 Å². The van der Waals surface area contributed by atoms with Crippen LogP contribution in [0.2, 0.25) is 0 Å². The molecule has 0 saturated carbocycles. The van der Waals surface area contributed by atoms with Crippen LogP contribution in [-0.2, 0) is 0 Å². The number of hydrogen-bond acceptors (Lipinski definition) is 2. The number of benzene rings is 1. The van der Waals surface area contributed by atoms with Gasteiger partial charge in [-0.2, -0.15) is 0 Å². The molecule has 0 aliphatic rings. The maximum atomic E-state index is 13.9. The Morgan fingerprint density at radius 1 is 1.28 bits per heavy atom. The molecule has 0 bridgehead atoms. The van der Waals surface area contributed by atoms with Crippen LogP contribution in [0, 0.1) is 5.82 Å². The number of thiophene rings is 1. The van der Waals surface area contributed by atoms with Crippen molar-refractivity contribution in [2.45, 2.75) is 13.0 Å². The van der Waals surface area contributed by atoms with Crippen molar-refractivity contribution in [2.75, 3.05) is 6.54 Å². The van der Waals surface area contributed by atoms with Gasteiger partial charge in [0, 0.05) is 5.56 Å². The Morgan fingerprint density at radius 2 is 2.00 bits per heavy atom. The van der Waals surface area contributed by atoms with Gasteiger partial charge >= 0.3 is 0 Å². The minimum absolute atomic E-state index is 0.131. The summed E-state index contributed by atoms with van der Waals surface area (Å²) >= 11 is 8.59. The fraction of sp³-hybridized carbons (Fsp3) is 0.231. The smallest absolute Gasteiger partial charge is 0.128 e. The van der Waals surface area contributed by atoms with Gasteiger partial charge in [0.25, 0.3) is 0 Å². The molecule has 96 valence electrons. The molecule has 0 spiro atoms. The Morgan fingerprint density at radius 3 is 2.56 bits per heavy atom. The highest BCUT2D eigenvalue weighted by atomic mass is 79.9. The van der Waals surface area contributed by atoms with Crippen molar-refractivity contribution in [1.29, 1.82) is 0 Å². The molecule has 2 rings (SSSR count). The van der Waals surface area contributed by atoms with Gasteiger partial charge in [-0.15, -0.1) is 11.3 Å². The van der Waals surface area contributed by atoms with E-state index in [2.05, 4.69) is 37.2 Å². The third-order valence-corrected chi connectivity index (χ3v) is 5.00. The standard InChI is InChI=1S/C13H12Br2FNS/c1-2-17-12(8-5-3-4-6-10(8)16)9-7-11(14)18-13(9)15/h3-7,12,17H,2H2,1H3. The Hall–Kier alpha value is -0.230. The number of hydrogen-bond donors (Lipinski definition) is 1. The maximum Gasteiger partial charge on any atom is 0.128 e. The molecular formula is C13H12Br2FNS. The van der Waals surface area contributed by atoms with Gasteiger partial charge in [-0.05, 0) is 56.1 Å². The first-order chi connectivity index (χ1) is 8.63. The molecule has 1 unspecified atom stereocenters. The van der Waals surface area contributed by atoms with E-state index >= 15 is 0 Å². The highest BCUT2D eigenvalue weighted by Gasteiger charge is 2.20. The molecule has 1 heterocycles. The van der Waals surface area contributed by atoms with Crippen LogP contribution in [0.5, 0.6) is 0 Å². The van der Waals surface area contributed by atoms with Crippen LogP contribution < -0.4 is 5.32 Å². The normalized spacial score (nSPS) is 12.7. The molecule has 0 aliphatic heterocycles. The van der Waals surface area contributed by atoms with Gasteiger partial charge in [-0.25, -0.2) is 4.39 Å². The van der Waals surface area contributed by atoms with Gasteiger partial charge in [0.15, 0.2) is 0 Å². The van der Waals surface area contributed by atoms with E-state index in [-0.39, 0.29) is 11.9 Å². The number of rotatable bonds is 4. The van der Waals surface area contributed by atoms with E-state index in [0.29, 0.717) is 5.56 Å². The van der Waals surface area contributed by atoms with Crippen LogP contribution in [0.3, 0.4) is 0 Å². The minimum atomic E-state index is -0.183. The average Bonchev–Trinajstić information content (AvgIpc) is 2.66. The van der Waals surface area contributed by atoms with E-state index in [1.54, 1.807) is 17.4 Å². The zero-order chi connectivity index (χ0) is 13.1. The van der Waals surface area contributed by atoms with Crippen LogP contribution in [-0.4, -0.2) is 6.54 Å². The predicted octanol–water partition coefficient (Wildman–Crippen LogP) is 5.11. The molecule has 1 atom stereocenters. The molecule has 0 fully saturated rings. The summed E-state index contributed by atoms with van der Waals surface area (Å²) in [6.45, 7) is 2.79. The summed E-state index contributed by atoms with van der Waals surface area (Å²) < 4.78 is 16.0. The highest BCUT2D eigenvalue weighted by molar-refractivity contribution is 9.12. The van der Waals surface area contributed by atoms with Crippen molar-refractivity contribution in [1.82, 2.24) is 5.32 Å². The van der Waals surface area contributed by atoms with E-state index in [9.17, 15) is 4.39 Å². The van der Waals surface area contributed by atoms with Gasteiger partial charge in [-0.1, -0.05) is 25.1 Å². The van der Waals surface area contributed by atoms with Crippen molar-refractivity contribution in [3.8, 4) is 0 Å². The quantitative estimate of drug-likeness (QED) is 0.762. The Balaban J connectivity index is 2.46. The first kappa shape index (κ1) is 14.2. The van der Waals surface area contributed by atoms with Gasteiger partial charge in [0.1, 0.15) is 5.82 Å². The molecule has 5 heteroatoms. The molecule has 2 aromatic rings. The van der Waals surface area contributed by atoms with E-state index < -0.39 is 0 Å². The van der Waals surface area contributed by atoms with Crippen LogP contribution >= 0.6 is 43.2 Å². The summed E-state index contributed by atoms with van der Waals surface area (Å²) in [7, 11) is 0. The summed E-state index contributed by atoms with van der Waals surface area (Å²) in [5, 5.41) is 3.33. The molecule has 1 N–H and O–H groups in total. The second-order valence-electron chi connectivity index (χ2n) is 3.79. The topological polar surface area (TPSA) is 12.0 Å². The van der Waals surface area contributed by atoms with Crippen LogP contribution in [0.4, 0.5) is 4.39 Å². The number of nitrogens with one attached hydrogen (secondary N) is 1. The Labute approximate surface area is 127 Å². The van der Waals surface area contributed by atoms with Crippen LogP contribution in [0.1, 0.15) is 24.1 Å². The van der Waals surface area contributed by atoms with Crippen molar-refractivity contribution in [3.63, 3.8) is 0 Å². The van der Waals surface area contributed by atoms with Crippen molar-refractivity contribution >= 4 is 43.2 Å². The lowest BCUT2D eigenvalue weighted by Gasteiger charge is -2.18. The first-order valence-corrected chi connectivity index (χ1v) is 7.96. The summed E-state index contributed by atoms with van der Waals surface area (Å²) in [5.74, 6) is -0.183. The highest BCUT2D eigenvalue weighted by Crippen LogP contribution is 2.38. The van der Waals surface area contributed by atoms with Crippen LogP contribution in [0.25, 0.3) is 0 Å². The largest absolute Gasteiger partial charge is 0.306 e. The fourth-order valence-corrected chi connectivity index (χ4v) is 4.75. The lowest BCUT2D eigenvalue weighted by Crippen LogP contribution is -2.22. The second kappa shape index (κ2) is 6.28. The van der Waals surface area contributed by atoms with E-state index in [4.69, 9.17) is 0 Å². The predicted molar refractivity (Wildman–Crippen MR) is 81.6 cm³/mol. The van der Waals surface area contributed by atoms with Crippen molar-refractivity contribution in [2.24, 2.45) is 0 Å². The minimum Gasteiger partial charge on any atom is -0.306 e. The third kappa shape index (κ3) is 3.02. The lowest BCUT2D eigenvalue weighted by atomic mass is 10.0. The summed E-state index contributed by atoms with van der Waals surface area (Å²) in [5.41, 5.74) is 1.73. The second-order valence-corrected chi connectivity index (χ2v) is 7.54. The summed E-state index contributed by atoms with van der Waals surface area (Å²) in [4.78, 5) is 0. The van der Waals surface area contributed by atoms with Crippen molar-refractivity contribution < 1.29 is 4.39 Å². The fourth-order valence-electron chi connectivity index (χ4n) is 1.85. The molecule has 0 amide bonds. The third-order valence-electron chi connectivity index (χ3n) is 2.62. The SMILES string of the molecule is CCNC(c1ccccc1F)c1cc(Br)sc1Br. The average molecular weight is 393 g/mol. The first-order valence-electron chi connectivity index (χ1n) is 5.56. The molecule has 18 heavy (non-hydrogen) atoms. The lowest BCUT2D eigenvalue weighted by molar-refractivity contribution is 0.559. The van der Waals surface area contributed by atoms with Gasteiger partial charge in [-0.3, -0.25) is 0 Å². The molecule has 1 aromatic carbocycles. The molecule has 0 aliphatic carbocycles. The number of halogens is 3. The van der Waals surface area contributed by atoms with E-state index in [0.717, 1.165) is 19.7 Å². The maximum absolute atomic E-state index is 13.9. The Bertz CT molecular complexity index is 542. The zero-order valence-corrected chi connectivity index (χ0v) is 13.7. The zero-order valence-electron chi connectivity index (χ0n) is 9.71. The van der Waals surface area contributed by atoms with Crippen molar-refractivity contribution in [3.05, 3.63) is 54.8 Å². The molecule has 0 radical (unpaired) electrons.